The van der Waals surface area contributed by atoms with Crippen LogP contribution in [0, 0.1) is 0 Å². The smallest absolute Gasteiger partial charge is 0.118 e. The van der Waals surface area contributed by atoms with Gasteiger partial charge in [0, 0.05) is 23.8 Å². The maximum absolute atomic E-state index is 5.31. The summed E-state index contributed by atoms with van der Waals surface area (Å²) in [6, 6.07) is 18.7. The molecule has 1 heterocycles. The number of nitrogens with zero attached hydrogens (tertiary/aromatic N) is 2. The molecule has 0 saturated heterocycles. The zero-order valence-electron chi connectivity index (χ0n) is 15.2. The van der Waals surface area contributed by atoms with E-state index in [1.807, 2.05) is 29.1 Å². The summed E-state index contributed by atoms with van der Waals surface area (Å²) in [5.41, 5.74) is 3.70. The fraction of sp³-hybridized carbons (Fsp3) is 0.318. The van der Waals surface area contributed by atoms with E-state index in [9.17, 15) is 0 Å². The topological polar surface area (TPSA) is 39.1 Å². The van der Waals surface area contributed by atoms with E-state index in [-0.39, 0.29) is 5.54 Å². The third-order valence-corrected chi connectivity index (χ3v) is 5.39. The number of rotatable bonds is 6. The van der Waals surface area contributed by atoms with Gasteiger partial charge in [-0.15, -0.1) is 0 Å². The number of nitrogens with one attached hydrogen (secondary N) is 1. The Bertz CT molecular complexity index is 833. The molecule has 0 atom stereocenters. The van der Waals surface area contributed by atoms with Gasteiger partial charge in [-0.2, -0.15) is 5.10 Å². The van der Waals surface area contributed by atoms with Crippen LogP contribution in [0.5, 0.6) is 5.75 Å². The van der Waals surface area contributed by atoms with E-state index >= 15 is 0 Å². The summed E-state index contributed by atoms with van der Waals surface area (Å²) in [5, 5.41) is 8.35. The average molecular weight is 347 g/mol. The predicted octanol–water partition coefficient (Wildman–Crippen LogP) is 4.44. The molecule has 1 aliphatic carbocycles. The number of aromatic nitrogens is 2. The monoisotopic (exact) mass is 347 g/mol. The van der Waals surface area contributed by atoms with Gasteiger partial charge in [0.05, 0.1) is 19.0 Å². The Morgan fingerprint density at radius 1 is 1.04 bits per heavy atom. The number of ether oxygens (including phenoxy) is 1. The van der Waals surface area contributed by atoms with Crippen molar-refractivity contribution in [1.82, 2.24) is 15.1 Å². The second kappa shape index (κ2) is 7.34. The lowest BCUT2D eigenvalue weighted by atomic mass is 9.88. The fourth-order valence-electron chi connectivity index (χ4n) is 3.90. The van der Waals surface area contributed by atoms with Crippen molar-refractivity contribution in [2.24, 2.45) is 0 Å². The van der Waals surface area contributed by atoms with Crippen LogP contribution in [-0.4, -0.2) is 16.9 Å². The van der Waals surface area contributed by atoms with E-state index in [2.05, 4.69) is 53.0 Å². The molecule has 4 heteroatoms. The molecule has 4 rings (SSSR count). The van der Waals surface area contributed by atoms with Crippen molar-refractivity contribution in [2.45, 2.75) is 37.8 Å². The summed E-state index contributed by atoms with van der Waals surface area (Å²) in [4.78, 5) is 0. The summed E-state index contributed by atoms with van der Waals surface area (Å²) in [5.74, 6) is 0.908. The molecule has 26 heavy (non-hydrogen) atoms. The number of para-hydroxylation sites is 1. The summed E-state index contributed by atoms with van der Waals surface area (Å²) in [6.45, 7) is 0.818. The number of hydrogen-bond donors (Lipinski definition) is 1. The Morgan fingerprint density at radius 2 is 1.77 bits per heavy atom. The molecule has 4 nitrogen and oxygen atoms in total. The minimum absolute atomic E-state index is 0.0567. The Labute approximate surface area is 154 Å². The third-order valence-electron chi connectivity index (χ3n) is 5.39. The molecule has 0 amide bonds. The first-order chi connectivity index (χ1) is 12.8. The summed E-state index contributed by atoms with van der Waals surface area (Å²) >= 11 is 0. The first-order valence-electron chi connectivity index (χ1n) is 9.28. The normalized spacial score (nSPS) is 15.9. The Morgan fingerprint density at radius 3 is 2.46 bits per heavy atom. The van der Waals surface area contributed by atoms with Gasteiger partial charge in [-0.3, -0.25) is 0 Å². The fourth-order valence-corrected chi connectivity index (χ4v) is 3.90. The first-order valence-corrected chi connectivity index (χ1v) is 9.28. The lowest BCUT2D eigenvalue weighted by molar-refractivity contribution is 0.338. The minimum atomic E-state index is 0.0567. The minimum Gasteiger partial charge on any atom is -0.497 e. The van der Waals surface area contributed by atoms with Crippen molar-refractivity contribution in [3.63, 3.8) is 0 Å². The van der Waals surface area contributed by atoms with Crippen LogP contribution in [0.4, 0.5) is 0 Å². The van der Waals surface area contributed by atoms with Gasteiger partial charge in [-0.1, -0.05) is 43.2 Å². The van der Waals surface area contributed by atoms with Gasteiger partial charge in [0.15, 0.2) is 0 Å². The van der Waals surface area contributed by atoms with E-state index < -0.39 is 0 Å². The molecule has 1 N–H and O–H groups in total. The van der Waals surface area contributed by atoms with Crippen molar-refractivity contribution >= 4 is 0 Å². The Kier molecular flexibility index (Phi) is 4.76. The predicted molar refractivity (Wildman–Crippen MR) is 104 cm³/mol. The summed E-state index contributed by atoms with van der Waals surface area (Å²) < 4.78 is 7.24. The highest BCUT2D eigenvalue weighted by molar-refractivity contribution is 5.33. The molecule has 0 bridgehead atoms. The quantitative estimate of drug-likeness (QED) is 0.716. The lowest BCUT2D eigenvalue weighted by Crippen LogP contribution is -2.39. The van der Waals surface area contributed by atoms with Gasteiger partial charge in [0.1, 0.15) is 5.75 Å². The van der Waals surface area contributed by atoms with Gasteiger partial charge >= 0.3 is 0 Å². The summed E-state index contributed by atoms with van der Waals surface area (Å²) in [6.07, 6.45) is 8.94. The van der Waals surface area contributed by atoms with Crippen LogP contribution in [0.25, 0.3) is 5.69 Å². The van der Waals surface area contributed by atoms with Crippen LogP contribution >= 0.6 is 0 Å². The molecule has 1 fully saturated rings. The molecule has 0 spiro atoms. The Hall–Kier alpha value is -2.59. The van der Waals surface area contributed by atoms with Crippen LogP contribution in [0.2, 0.25) is 0 Å². The number of methoxy groups -OCH3 is 1. The first kappa shape index (κ1) is 16.9. The van der Waals surface area contributed by atoms with Gasteiger partial charge in [0.25, 0.3) is 0 Å². The van der Waals surface area contributed by atoms with Gasteiger partial charge in [0.2, 0.25) is 0 Å². The van der Waals surface area contributed by atoms with Crippen LogP contribution < -0.4 is 10.1 Å². The van der Waals surface area contributed by atoms with Crippen LogP contribution in [0.15, 0.2) is 67.0 Å². The standard InChI is InChI=1S/C22H25N3O/c1-26-21-11-9-19(10-12-21)22(13-5-6-14-22)23-15-18-16-24-25(17-18)20-7-3-2-4-8-20/h2-4,7-12,16-17,23H,5-6,13-15H2,1H3. The molecule has 1 aliphatic rings. The highest BCUT2D eigenvalue weighted by Gasteiger charge is 2.35. The molecule has 0 radical (unpaired) electrons. The molecule has 3 aromatic rings. The van der Waals surface area contributed by atoms with E-state index in [1.165, 1.54) is 36.8 Å². The van der Waals surface area contributed by atoms with Gasteiger partial charge in [-0.05, 0) is 42.7 Å². The van der Waals surface area contributed by atoms with Crippen LogP contribution in [-0.2, 0) is 12.1 Å². The maximum atomic E-state index is 5.31. The number of hydrogen-bond acceptors (Lipinski definition) is 3. The SMILES string of the molecule is COc1ccc(C2(NCc3cnn(-c4ccccc4)c3)CCCC2)cc1. The highest BCUT2D eigenvalue weighted by atomic mass is 16.5. The third kappa shape index (κ3) is 3.37. The largest absolute Gasteiger partial charge is 0.497 e. The van der Waals surface area contributed by atoms with E-state index in [1.54, 1.807) is 7.11 Å². The number of benzene rings is 2. The average Bonchev–Trinajstić information content (AvgIpc) is 3.38. The molecule has 134 valence electrons. The van der Waals surface area contributed by atoms with Crippen molar-refractivity contribution in [2.75, 3.05) is 7.11 Å². The van der Waals surface area contributed by atoms with Gasteiger partial charge < -0.3 is 10.1 Å². The molecular weight excluding hydrogens is 322 g/mol. The Balaban J connectivity index is 1.50. The van der Waals surface area contributed by atoms with Crippen molar-refractivity contribution in [1.29, 1.82) is 0 Å². The van der Waals surface area contributed by atoms with Crippen molar-refractivity contribution in [3.8, 4) is 11.4 Å². The zero-order chi connectivity index (χ0) is 17.8. The molecule has 0 aliphatic heterocycles. The second-order valence-electron chi connectivity index (χ2n) is 7.00. The second-order valence-corrected chi connectivity index (χ2v) is 7.00. The van der Waals surface area contributed by atoms with Gasteiger partial charge in [-0.25, -0.2) is 4.68 Å². The van der Waals surface area contributed by atoms with E-state index in [0.29, 0.717) is 0 Å². The summed E-state index contributed by atoms with van der Waals surface area (Å²) in [7, 11) is 1.71. The molecule has 1 saturated carbocycles. The zero-order valence-corrected chi connectivity index (χ0v) is 15.2. The molecule has 1 aromatic heterocycles. The molecule has 2 aromatic carbocycles. The molecule has 0 unspecified atom stereocenters. The highest BCUT2D eigenvalue weighted by Crippen LogP contribution is 2.39. The van der Waals surface area contributed by atoms with E-state index in [4.69, 9.17) is 4.74 Å². The molecular formula is C22H25N3O. The van der Waals surface area contributed by atoms with Crippen molar-refractivity contribution in [3.05, 3.63) is 78.1 Å². The van der Waals surface area contributed by atoms with Crippen LogP contribution in [0.3, 0.4) is 0 Å². The van der Waals surface area contributed by atoms with Crippen molar-refractivity contribution < 1.29 is 4.74 Å². The van der Waals surface area contributed by atoms with E-state index in [0.717, 1.165) is 18.0 Å². The maximum Gasteiger partial charge on any atom is 0.118 e. The van der Waals surface area contributed by atoms with Crippen LogP contribution in [0.1, 0.15) is 36.8 Å². The lowest BCUT2D eigenvalue weighted by Gasteiger charge is -2.31.